The van der Waals surface area contributed by atoms with Gasteiger partial charge in [-0.15, -0.1) is 0 Å². The zero-order chi connectivity index (χ0) is 18.0. The highest BCUT2D eigenvalue weighted by Gasteiger charge is 2.27. The molecule has 0 amide bonds. The van der Waals surface area contributed by atoms with Gasteiger partial charge in [0, 0.05) is 19.6 Å². The van der Waals surface area contributed by atoms with Crippen LogP contribution in [0.1, 0.15) is 17.9 Å². The molecule has 136 valence electrons. The number of aromatic nitrogens is 1. The van der Waals surface area contributed by atoms with Crippen LogP contribution in [0.25, 0.3) is 11.5 Å². The molecule has 1 aromatic heterocycles. The first-order valence-electron chi connectivity index (χ1n) is 8.29. The van der Waals surface area contributed by atoms with E-state index >= 15 is 0 Å². The highest BCUT2D eigenvalue weighted by Crippen LogP contribution is 2.34. The summed E-state index contributed by atoms with van der Waals surface area (Å²) in [5.41, 5.74) is 1.54. The maximum Gasteiger partial charge on any atom is 0.230 e. The molecule has 1 aliphatic rings. The lowest BCUT2D eigenvalue weighted by atomic mass is 10.1. The average Bonchev–Trinajstić information content (AvgIpc) is 2.98. The number of ether oxygens (including phenoxy) is 2. The van der Waals surface area contributed by atoms with E-state index in [2.05, 4.69) is 9.88 Å². The van der Waals surface area contributed by atoms with Gasteiger partial charge in [0.05, 0.1) is 37.7 Å². The van der Waals surface area contributed by atoms with Gasteiger partial charge in [-0.3, -0.25) is 4.90 Å². The minimum atomic E-state index is -0.723. The molecule has 2 atom stereocenters. The summed E-state index contributed by atoms with van der Waals surface area (Å²) >= 11 is 0. The third-order valence-corrected chi connectivity index (χ3v) is 4.53. The maximum absolute atomic E-state index is 9.84. The quantitative estimate of drug-likeness (QED) is 0.848. The molecule has 3 rings (SSSR count). The van der Waals surface area contributed by atoms with Crippen LogP contribution in [0.15, 0.2) is 22.6 Å². The van der Waals surface area contributed by atoms with Crippen molar-refractivity contribution in [2.75, 3.05) is 27.3 Å². The predicted molar refractivity (Wildman–Crippen MR) is 91.7 cm³/mol. The number of oxazole rings is 1. The van der Waals surface area contributed by atoms with Gasteiger partial charge in [0.15, 0.2) is 0 Å². The molecule has 0 bridgehead atoms. The Balaban J connectivity index is 1.83. The third-order valence-electron chi connectivity index (χ3n) is 4.53. The fourth-order valence-corrected chi connectivity index (χ4v) is 3.01. The largest absolute Gasteiger partial charge is 0.497 e. The number of aliphatic hydroxyl groups excluding tert-OH is 2. The Bertz CT molecular complexity index is 730. The van der Waals surface area contributed by atoms with E-state index in [-0.39, 0.29) is 0 Å². The summed E-state index contributed by atoms with van der Waals surface area (Å²) in [5, 5.41) is 19.5. The van der Waals surface area contributed by atoms with Crippen LogP contribution in [0.2, 0.25) is 0 Å². The SMILES string of the molecule is COc1ccc(OC)c(-c2nc(CN3CC[C@@H](O)[C@H](O)C3)c(C)o2)c1. The molecule has 0 aliphatic carbocycles. The Morgan fingerprint density at radius 3 is 2.72 bits per heavy atom. The lowest BCUT2D eigenvalue weighted by Crippen LogP contribution is -2.46. The van der Waals surface area contributed by atoms with Crippen molar-refractivity contribution in [1.82, 2.24) is 9.88 Å². The molecule has 0 spiro atoms. The third kappa shape index (κ3) is 3.78. The van der Waals surface area contributed by atoms with Gasteiger partial charge in [-0.1, -0.05) is 0 Å². The summed E-state index contributed by atoms with van der Waals surface area (Å²) in [5.74, 6) is 2.55. The summed E-state index contributed by atoms with van der Waals surface area (Å²) in [4.78, 5) is 6.68. The molecule has 0 unspecified atom stereocenters. The minimum Gasteiger partial charge on any atom is -0.497 e. The molecule has 1 aliphatic heterocycles. The van der Waals surface area contributed by atoms with Crippen LogP contribution in [-0.4, -0.2) is 59.6 Å². The smallest absolute Gasteiger partial charge is 0.230 e. The number of likely N-dealkylation sites (tertiary alicyclic amines) is 1. The number of methoxy groups -OCH3 is 2. The molecule has 7 heteroatoms. The number of aryl methyl sites for hydroxylation is 1. The molecule has 1 fully saturated rings. The highest BCUT2D eigenvalue weighted by atomic mass is 16.5. The monoisotopic (exact) mass is 348 g/mol. The molecule has 2 aromatic rings. The van der Waals surface area contributed by atoms with Crippen LogP contribution in [0.5, 0.6) is 11.5 Å². The molecule has 0 saturated carbocycles. The summed E-state index contributed by atoms with van der Waals surface area (Å²) in [6, 6.07) is 5.46. The molecular weight excluding hydrogens is 324 g/mol. The van der Waals surface area contributed by atoms with Gasteiger partial charge in [0.25, 0.3) is 0 Å². The van der Waals surface area contributed by atoms with Crippen LogP contribution in [-0.2, 0) is 6.54 Å². The van der Waals surface area contributed by atoms with E-state index in [1.54, 1.807) is 14.2 Å². The van der Waals surface area contributed by atoms with Gasteiger partial charge in [0.2, 0.25) is 5.89 Å². The molecule has 7 nitrogen and oxygen atoms in total. The first-order chi connectivity index (χ1) is 12.0. The lowest BCUT2D eigenvalue weighted by molar-refractivity contribution is -0.0406. The van der Waals surface area contributed by atoms with Crippen molar-refractivity contribution in [3.63, 3.8) is 0 Å². The van der Waals surface area contributed by atoms with E-state index in [9.17, 15) is 10.2 Å². The Labute approximate surface area is 146 Å². The van der Waals surface area contributed by atoms with Crippen LogP contribution in [0, 0.1) is 6.92 Å². The fraction of sp³-hybridized carbons (Fsp3) is 0.500. The summed E-state index contributed by atoms with van der Waals surface area (Å²) in [6.07, 6.45) is -0.820. The Kier molecular flexibility index (Phi) is 5.27. The topological polar surface area (TPSA) is 88.2 Å². The van der Waals surface area contributed by atoms with E-state index in [0.29, 0.717) is 43.4 Å². The van der Waals surface area contributed by atoms with Gasteiger partial charge in [-0.25, -0.2) is 4.98 Å². The molecule has 2 heterocycles. The van der Waals surface area contributed by atoms with Gasteiger partial charge in [-0.05, 0) is 31.5 Å². The second-order valence-corrected chi connectivity index (χ2v) is 6.25. The first-order valence-corrected chi connectivity index (χ1v) is 8.29. The van der Waals surface area contributed by atoms with Crippen LogP contribution in [0.4, 0.5) is 0 Å². The lowest BCUT2D eigenvalue weighted by Gasteiger charge is -2.32. The van der Waals surface area contributed by atoms with Gasteiger partial charge in [-0.2, -0.15) is 0 Å². The number of piperidine rings is 1. The Morgan fingerprint density at radius 2 is 2.04 bits per heavy atom. The predicted octanol–water partition coefficient (Wildman–Crippen LogP) is 1.59. The number of rotatable bonds is 5. The van der Waals surface area contributed by atoms with E-state index < -0.39 is 12.2 Å². The molecule has 0 radical (unpaired) electrons. The van der Waals surface area contributed by atoms with Crippen molar-refractivity contribution in [3.8, 4) is 23.0 Å². The van der Waals surface area contributed by atoms with E-state index in [1.807, 2.05) is 25.1 Å². The molecular formula is C18H24N2O5. The minimum absolute atomic E-state index is 0.422. The standard InChI is InChI=1S/C18H24N2O5/c1-11-14(9-20-7-6-15(21)16(22)10-20)19-18(25-11)13-8-12(23-2)4-5-17(13)24-3/h4-5,8,15-16,21-22H,6-7,9-10H2,1-3H3/t15-,16-/m1/s1. The first kappa shape index (κ1) is 17.7. The Morgan fingerprint density at radius 1 is 1.24 bits per heavy atom. The summed E-state index contributed by atoms with van der Waals surface area (Å²) in [6.45, 7) is 3.56. The van der Waals surface area contributed by atoms with E-state index in [1.165, 1.54) is 0 Å². The fourth-order valence-electron chi connectivity index (χ4n) is 3.01. The zero-order valence-corrected chi connectivity index (χ0v) is 14.7. The molecule has 25 heavy (non-hydrogen) atoms. The molecule has 1 saturated heterocycles. The number of hydrogen-bond acceptors (Lipinski definition) is 7. The summed E-state index contributed by atoms with van der Waals surface area (Å²) in [7, 11) is 3.20. The van der Waals surface area contributed by atoms with Crippen molar-refractivity contribution < 1.29 is 24.1 Å². The van der Waals surface area contributed by atoms with Crippen molar-refractivity contribution in [1.29, 1.82) is 0 Å². The second-order valence-electron chi connectivity index (χ2n) is 6.25. The second kappa shape index (κ2) is 7.43. The van der Waals surface area contributed by atoms with Gasteiger partial charge >= 0.3 is 0 Å². The van der Waals surface area contributed by atoms with E-state index in [0.717, 1.165) is 17.0 Å². The molecule has 1 aromatic carbocycles. The number of benzene rings is 1. The Hall–Kier alpha value is -2.09. The molecule has 2 N–H and O–H groups in total. The number of aliphatic hydroxyl groups is 2. The van der Waals surface area contributed by atoms with Crippen LogP contribution < -0.4 is 9.47 Å². The number of nitrogens with zero attached hydrogens (tertiary/aromatic N) is 2. The normalized spacial score (nSPS) is 21.3. The van der Waals surface area contributed by atoms with Gasteiger partial charge in [0.1, 0.15) is 17.3 Å². The van der Waals surface area contributed by atoms with Crippen LogP contribution >= 0.6 is 0 Å². The van der Waals surface area contributed by atoms with E-state index in [4.69, 9.17) is 13.9 Å². The van der Waals surface area contributed by atoms with Crippen molar-refractivity contribution in [2.24, 2.45) is 0 Å². The van der Waals surface area contributed by atoms with Crippen molar-refractivity contribution in [3.05, 3.63) is 29.7 Å². The average molecular weight is 348 g/mol. The highest BCUT2D eigenvalue weighted by molar-refractivity contribution is 5.65. The maximum atomic E-state index is 9.84. The van der Waals surface area contributed by atoms with Crippen molar-refractivity contribution in [2.45, 2.75) is 32.1 Å². The van der Waals surface area contributed by atoms with Gasteiger partial charge < -0.3 is 24.1 Å². The number of β-amino-alcohol motifs (C(OH)–C–C–N with tert-alkyl or cyclic N) is 1. The zero-order valence-electron chi connectivity index (χ0n) is 14.7. The number of hydrogen-bond donors (Lipinski definition) is 2. The van der Waals surface area contributed by atoms with Crippen molar-refractivity contribution >= 4 is 0 Å². The summed E-state index contributed by atoms with van der Waals surface area (Å²) < 4.78 is 16.5. The van der Waals surface area contributed by atoms with Crippen LogP contribution in [0.3, 0.4) is 0 Å².